The molecule has 18 heavy (non-hydrogen) atoms. The third kappa shape index (κ3) is 3.23. The molecule has 98 valence electrons. The summed E-state index contributed by atoms with van der Waals surface area (Å²) < 4.78 is 0. The van der Waals surface area contributed by atoms with Gasteiger partial charge in [-0.2, -0.15) is 0 Å². The fourth-order valence-electron chi connectivity index (χ4n) is 2.41. The molecular formula is C14H19NO3. The summed E-state index contributed by atoms with van der Waals surface area (Å²) in [4.78, 5) is 13.2. The van der Waals surface area contributed by atoms with Crippen molar-refractivity contribution in [1.29, 1.82) is 0 Å². The summed E-state index contributed by atoms with van der Waals surface area (Å²) >= 11 is 0. The van der Waals surface area contributed by atoms with Gasteiger partial charge >= 0.3 is 5.97 Å². The van der Waals surface area contributed by atoms with Crippen molar-refractivity contribution in [2.45, 2.75) is 32.2 Å². The molecule has 1 aromatic carbocycles. The van der Waals surface area contributed by atoms with Crippen LogP contribution in [0.25, 0.3) is 0 Å². The van der Waals surface area contributed by atoms with Gasteiger partial charge in [0.1, 0.15) is 11.3 Å². The Kier molecular flexibility index (Phi) is 4.20. The lowest BCUT2D eigenvalue weighted by Gasteiger charge is -2.19. The number of nitrogens with zero attached hydrogens (tertiary/aromatic N) is 1. The van der Waals surface area contributed by atoms with Crippen molar-refractivity contribution < 1.29 is 15.0 Å². The van der Waals surface area contributed by atoms with Gasteiger partial charge in [-0.3, -0.25) is 4.90 Å². The molecule has 0 aromatic heterocycles. The van der Waals surface area contributed by atoms with Gasteiger partial charge in [-0.15, -0.1) is 0 Å². The van der Waals surface area contributed by atoms with Crippen molar-refractivity contribution in [3.63, 3.8) is 0 Å². The van der Waals surface area contributed by atoms with Gasteiger partial charge in [0.15, 0.2) is 0 Å². The SMILES string of the molecule is O=C(O)c1ccc(CN2CCCCCC2)cc1O. The van der Waals surface area contributed by atoms with Crippen LogP contribution in [0.3, 0.4) is 0 Å². The number of aromatic hydroxyl groups is 1. The number of phenols is 1. The topological polar surface area (TPSA) is 60.8 Å². The van der Waals surface area contributed by atoms with Crippen LogP contribution in [0.5, 0.6) is 5.75 Å². The van der Waals surface area contributed by atoms with Gasteiger partial charge in [-0.05, 0) is 43.6 Å². The first-order valence-corrected chi connectivity index (χ1v) is 6.44. The van der Waals surface area contributed by atoms with Gasteiger partial charge in [0.05, 0.1) is 0 Å². The smallest absolute Gasteiger partial charge is 0.339 e. The minimum atomic E-state index is -1.09. The Balaban J connectivity index is 2.05. The minimum absolute atomic E-state index is 0.0328. The lowest BCUT2D eigenvalue weighted by molar-refractivity contribution is 0.0693. The third-order valence-electron chi connectivity index (χ3n) is 3.40. The fraction of sp³-hybridized carbons (Fsp3) is 0.500. The Morgan fingerprint density at radius 3 is 2.39 bits per heavy atom. The van der Waals surface area contributed by atoms with E-state index < -0.39 is 5.97 Å². The molecule has 1 saturated heterocycles. The molecule has 2 rings (SSSR count). The van der Waals surface area contributed by atoms with E-state index in [0.717, 1.165) is 25.2 Å². The van der Waals surface area contributed by atoms with Gasteiger partial charge < -0.3 is 10.2 Å². The summed E-state index contributed by atoms with van der Waals surface area (Å²) in [7, 11) is 0. The molecule has 4 nitrogen and oxygen atoms in total. The number of rotatable bonds is 3. The van der Waals surface area contributed by atoms with Crippen LogP contribution in [0.1, 0.15) is 41.6 Å². The van der Waals surface area contributed by atoms with Crippen LogP contribution in [-0.4, -0.2) is 34.2 Å². The van der Waals surface area contributed by atoms with E-state index in [1.54, 1.807) is 12.1 Å². The maximum Gasteiger partial charge on any atom is 0.339 e. The fourth-order valence-corrected chi connectivity index (χ4v) is 2.41. The molecule has 1 heterocycles. The second-order valence-electron chi connectivity index (χ2n) is 4.85. The summed E-state index contributed by atoms with van der Waals surface area (Å²) in [5, 5.41) is 18.5. The zero-order valence-electron chi connectivity index (χ0n) is 10.4. The van der Waals surface area contributed by atoms with Gasteiger partial charge in [-0.25, -0.2) is 4.79 Å². The lowest BCUT2D eigenvalue weighted by atomic mass is 10.1. The number of benzene rings is 1. The first-order chi connectivity index (χ1) is 8.66. The molecule has 0 amide bonds. The molecular weight excluding hydrogens is 230 g/mol. The normalized spacial score (nSPS) is 17.3. The first kappa shape index (κ1) is 12.9. The van der Waals surface area contributed by atoms with Gasteiger partial charge in [0.2, 0.25) is 0 Å². The van der Waals surface area contributed by atoms with E-state index in [-0.39, 0.29) is 11.3 Å². The molecule has 2 N–H and O–H groups in total. The highest BCUT2D eigenvalue weighted by Crippen LogP contribution is 2.21. The van der Waals surface area contributed by atoms with E-state index in [1.165, 1.54) is 31.7 Å². The number of carboxylic acid groups (broad SMARTS) is 1. The number of carboxylic acids is 1. The molecule has 1 aliphatic rings. The maximum absolute atomic E-state index is 10.8. The van der Waals surface area contributed by atoms with Crippen LogP contribution in [0.4, 0.5) is 0 Å². The van der Waals surface area contributed by atoms with Gasteiger partial charge in [-0.1, -0.05) is 18.9 Å². The summed E-state index contributed by atoms with van der Waals surface area (Å²) in [6.45, 7) is 2.95. The molecule has 0 atom stereocenters. The Morgan fingerprint density at radius 2 is 1.83 bits per heavy atom. The number of carbonyl (C=O) groups is 1. The van der Waals surface area contributed by atoms with Crippen molar-refractivity contribution in [3.05, 3.63) is 29.3 Å². The summed E-state index contributed by atoms with van der Waals surface area (Å²) in [6, 6.07) is 4.83. The molecule has 4 heteroatoms. The molecule has 1 aromatic rings. The van der Waals surface area contributed by atoms with Crippen molar-refractivity contribution in [2.75, 3.05) is 13.1 Å². The lowest BCUT2D eigenvalue weighted by Crippen LogP contribution is -2.23. The van der Waals surface area contributed by atoms with E-state index in [0.29, 0.717) is 0 Å². The first-order valence-electron chi connectivity index (χ1n) is 6.44. The molecule has 0 saturated carbocycles. The van der Waals surface area contributed by atoms with Crippen molar-refractivity contribution in [1.82, 2.24) is 4.90 Å². The van der Waals surface area contributed by atoms with Gasteiger partial charge in [0.25, 0.3) is 0 Å². The number of hydrogen-bond donors (Lipinski definition) is 2. The monoisotopic (exact) mass is 249 g/mol. The van der Waals surface area contributed by atoms with Crippen molar-refractivity contribution in [3.8, 4) is 5.75 Å². The minimum Gasteiger partial charge on any atom is -0.507 e. The van der Waals surface area contributed by atoms with Crippen LogP contribution in [0.2, 0.25) is 0 Å². The highest BCUT2D eigenvalue weighted by Gasteiger charge is 2.13. The molecule has 0 bridgehead atoms. The van der Waals surface area contributed by atoms with E-state index in [4.69, 9.17) is 5.11 Å². The summed E-state index contributed by atoms with van der Waals surface area (Å²) in [5.41, 5.74) is 0.939. The zero-order chi connectivity index (χ0) is 13.0. The van der Waals surface area contributed by atoms with Crippen molar-refractivity contribution in [2.24, 2.45) is 0 Å². The van der Waals surface area contributed by atoms with E-state index in [1.807, 2.05) is 0 Å². The third-order valence-corrected chi connectivity index (χ3v) is 3.40. The average molecular weight is 249 g/mol. The van der Waals surface area contributed by atoms with Crippen molar-refractivity contribution >= 4 is 5.97 Å². The van der Waals surface area contributed by atoms with Crippen LogP contribution in [0.15, 0.2) is 18.2 Å². The quantitative estimate of drug-likeness (QED) is 0.864. The second-order valence-corrected chi connectivity index (χ2v) is 4.85. The highest BCUT2D eigenvalue weighted by atomic mass is 16.4. The Hall–Kier alpha value is -1.55. The van der Waals surface area contributed by atoms with Crippen LogP contribution in [-0.2, 0) is 6.54 Å². The molecule has 1 fully saturated rings. The van der Waals surface area contributed by atoms with Gasteiger partial charge in [0, 0.05) is 6.54 Å². The number of hydrogen-bond acceptors (Lipinski definition) is 3. The zero-order valence-corrected chi connectivity index (χ0v) is 10.4. The largest absolute Gasteiger partial charge is 0.507 e. The maximum atomic E-state index is 10.8. The molecule has 0 spiro atoms. The Morgan fingerprint density at radius 1 is 1.17 bits per heavy atom. The molecule has 0 radical (unpaired) electrons. The standard InChI is InChI=1S/C14H19NO3/c16-13-9-11(5-6-12(13)14(17)18)10-15-7-3-1-2-4-8-15/h5-6,9,16H,1-4,7-8,10H2,(H,17,18). The van der Waals surface area contributed by atoms with Crippen LogP contribution < -0.4 is 0 Å². The van der Waals surface area contributed by atoms with E-state index in [9.17, 15) is 9.90 Å². The average Bonchev–Trinajstić information content (AvgIpc) is 2.57. The van der Waals surface area contributed by atoms with E-state index in [2.05, 4.69) is 4.90 Å². The number of likely N-dealkylation sites (tertiary alicyclic amines) is 1. The molecule has 0 unspecified atom stereocenters. The molecule has 0 aliphatic carbocycles. The number of aromatic carboxylic acids is 1. The predicted molar refractivity (Wildman–Crippen MR) is 68.8 cm³/mol. The van der Waals surface area contributed by atoms with Crippen LogP contribution in [0, 0.1) is 0 Å². The highest BCUT2D eigenvalue weighted by molar-refractivity contribution is 5.90. The second kappa shape index (κ2) is 5.87. The Bertz CT molecular complexity index is 423. The summed E-state index contributed by atoms with van der Waals surface area (Å²) in [5.74, 6) is -1.23. The van der Waals surface area contributed by atoms with Crippen LogP contribution >= 0.6 is 0 Å². The van der Waals surface area contributed by atoms with E-state index >= 15 is 0 Å². The summed E-state index contributed by atoms with van der Waals surface area (Å²) in [6.07, 6.45) is 5.03. The Labute approximate surface area is 107 Å². The predicted octanol–water partition coefficient (Wildman–Crippen LogP) is 2.47. The molecule has 1 aliphatic heterocycles.